The van der Waals surface area contributed by atoms with Crippen molar-refractivity contribution < 1.29 is 24.2 Å². The van der Waals surface area contributed by atoms with E-state index in [0.717, 1.165) is 5.56 Å². The molecule has 4 rings (SSSR count). The van der Waals surface area contributed by atoms with Crippen molar-refractivity contribution in [1.82, 2.24) is 14.9 Å². The smallest absolute Gasteiger partial charge is 0.267 e. The topological polar surface area (TPSA) is 125 Å². The molecule has 0 spiro atoms. The molecule has 32 heavy (non-hydrogen) atoms. The van der Waals surface area contributed by atoms with Crippen LogP contribution in [0.15, 0.2) is 35.3 Å². The molecule has 10 heteroatoms. The molecule has 1 aromatic carbocycles. The van der Waals surface area contributed by atoms with Crippen molar-refractivity contribution in [1.29, 1.82) is 0 Å². The van der Waals surface area contributed by atoms with Crippen LogP contribution in [0.2, 0.25) is 0 Å². The van der Waals surface area contributed by atoms with Crippen LogP contribution in [0.25, 0.3) is 11.0 Å². The van der Waals surface area contributed by atoms with Gasteiger partial charge in [-0.2, -0.15) is 0 Å². The quantitative estimate of drug-likeness (QED) is 0.542. The van der Waals surface area contributed by atoms with Gasteiger partial charge in [0.1, 0.15) is 16.9 Å². The highest BCUT2D eigenvalue weighted by atomic mass is 19.1. The third-order valence-corrected chi connectivity index (χ3v) is 5.42. The fraction of sp³-hybridized carbons (Fsp3) is 0.273. The lowest BCUT2D eigenvalue weighted by molar-refractivity contribution is -0.116. The van der Waals surface area contributed by atoms with Crippen LogP contribution in [0.5, 0.6) is 5.75 Å². The maximum Gasteiger partial charge on any atom is 0.267 e. The summed E-state index contributed by atoms with van der Waals surface area (Å²) in [7, 11) is 0. The van der Waals surface area contributed by atoms with Gasteiger partial charge in [-0.15, -0.1) is 0 Å². The van der Waals surface area contributed by atoms with Gasteiger partial charge in [0.05, 0.1) is 17.8 Å². The molecule has 3 N–H and O–H groups in total. The largest absolute Gasteiger partial charge is 0.505 e. The van der Waals surface area contributed by atoms with Crippen LogP contribution in [0.4, 0.5) is 10.1 Å². The summed E-state index contributed by atoms with van der Waals surface area (Å²) in [6.45, 7) is 1.31. The first-order valence-corrected chi connectivity index (χ1v) is 10.0. The molecule has 0 bridgehead atoms. The minimum Gasteiger partial charge on any atom is -0.505 e. The maximum absolute atomic E-state index is 13.3. The molecule has 1 aliphatic rings. The number of hydrogen-bond donors (Lipinski definition) is 3. The Kier molecular flexibility index (Phi) is 5.62. The lowest BCUT2D eigenvalue weighted by Gasteiger charge is -2.31. The van der Waals surface area contributed by atoms with Gasteiger partial charge in [-0.3, -0.25) is 19.4 Å². The molecule has 0 radical (unpaired) electrons. The van der Waals surface area contributed by atoms with E-state index in [1.807, 2.05) is 0 Å². The number of amides is 2. The monoisotopic (exact) mass is 440 g/mol. The normalized spacial score (nSPS) is 12.8. The molecule has 0 aliphatic carbocycles. The number of benzene rings is 1. The number of halogens is 1. The molecule has 2 amide bonds. The van der Waals surface area contributed by atoms with Crippen molar-refractivity contribution in [2.75, 3.05) is 24.6 Å². The second-order valence-corrected chi connectivity index (χ2v) is 7.46. The molecule has 9 nitrogen and oxygen atoms in total. The number of aliphatic hydroxyl groups excluding tert-OH is 1. The molecule has 3 aromatic rings. The number of anilines is 1. The van der Waals surface area contributed by atoms with Crippen molar-refractivity contribution in [3.05, 3.63) is 63.3 Å². The summed E-state index contributed by atoms with van der Waals surface area (Å²) in [6.07, 6.45) is 1.79. The number of nitrogens with one attached hydrogen (secondary N) is 1. The van der Waals surface area contributed by atoms with E-state index in [1.165, 1.54) is 34.7 Å². The molecule has 0 saturated heterocycles. The second kappa shape index (κ2) is 8.39. The SMILES string of the molecule is CC(=O)N1CCn2c(=O)c(C(=O)NCCO)c(O)c3ncc(Cc4ccc(F)cc4)c1c32. The van der Waals surface area contributed by atoms with E-state index in [1.54, 1.807) is 12.1 Å². The predicted molar refractivity (Wildman–Crippen MR) is 114 cm³/mol. The van der Waals surface area contributed by atoms with Gasteiger partial charge >= 0.3 is 0 Å². The van der Waals surface area contributed by atoms with Gasteiger partial charge in [-0.05, 0) is 17.7 Å². The van der Waals surface area contributed by atoms with Crippen molar-refractivity contribution in [3.63, 3.8) is 0 Å². The molecule has 166 valence electrons. The lowest BCUT2D eigenvalue weighted by Crippen LogP contribution is -2.42. The molecule has 1 aliphatic heterocycles. The predicted octanol–water partition coefficient (Wildman–Crippen LogP) is 0.921. The number of rotatable bonds is 5. The summed E-state index contributed by atoms with van der Waals surface area (Å²) in [5.74, 6) is -2.03. The Hall–Kier alpha value is -3.79. The number of aromatic nitrogens is 2. The number of pyridine rings is 2. The van der Waals surface area contributed by atoms with Crippen LogP contribution in [0, 0.1) is 5.82 Å². The zero-order chi connectivity index (χ0) is 23.0. The van der Waals surface area contributed by atoms with Crippen molar-refractivity contribution in [2.45, 2.75) is 19.9 Å². The average Bonchev–Trinajstić information content (AvgIpc) is 2.77. The molecule has 0 saturated carbocycles. The van der Waals surface area contributed by atoms with Crippen molar-refractivity contribution in [2.24, 2.45) is 0 Å². The number of carbonyl (C=O) groups excluding carboxylic acids is 2. The Morgan fingerprint density at radius 1 is 1.22 bits per heavy atom. The average molecular weight is 440 g/mol. The maximum atomic E-state index is 13.3. The van der Waals surface area contributed by atoms with Crippen molar-refractivity contribution >= 4 is 28.5 Å². The van der Waals surface area contributed by atoms with Gasteiger partial charge < -0.3 is 25.0 Å². The first kappa shape index (κ1) is 21.4. The summed E-state index contributed by atoms with van der Waals surface area (Å²) in [6, 6.07) is 5.90. The van der Waals surface area contributed by atoms with Gasteiger partial charge in [-0.25, -0.2) is 4.39 Å². The van der Waals surface area contributed by atoms with Crippen molar-refractivity contribution in [3.8, 4) is 5.75 Å². The van der Waals surface area contributed by atoms with Crippen LogP contribution >= 0.6 is 0 Å². The Morgan fingerprint density at radius 2 is 1.94 bits per heavy atom. The summed E-state index contributed by atoms with van der Waals surface area (Å²) in [5.41, 5.74) is 0.908. The molecule has 2 aromatic heterocycles. The van der Waals surface area contributed by atoms with E-state index >= 15 is 0 Å². The molecule has 0 unspecified atom stereocenters. The highest BCUT2D eigenvalue weighted by molar-refractivity contribution is 6.07. The van der Waals surface area contributed by atoms with Crippen LogP contribution in [-0.4, -0.2) is 51.3 Å². The summed E-state index contributed by atoms with van der Waals surface area (Å²) in [4.78, 5) is 43.8. The molecule has 3 heterocycles. The summed E-state index contributed by atoms with van der Waals surface area (Å²) >= 11 is 0. The first-order chi connectivity index (χ1) is 15.3. The van der Waals surface area contributed by atoms with E-state index < -0.39 is 22.8 Å². The van der Waals surface area contributed by atoms with Gasteiger partial charge in [0.15, 0.2) is 5.75 Å². The van der Waals surface area contributed by atoms with Crippen LogP contribution < -0.4 is 15.8 Å². The second-order valence-electron chi connectivity index (χ2n) is 7.46. The third-order valence-electron chi connectivity index (χ3n) is 5.42. The van der Waals surface area contributed by atoms with E-state index in [0.29, 0.717) is 17.7 Å². The Labute approximate surface area is 181 Å². The fourth-order valence-corrected chi connectivity index (χ4v) is 3.97. The van der Waals surface area contributed by atoms with E-state index in [9.17, 15) is 23.9 Å². The standard InChI is InChI=1S/C22H21FN4O5/c1-12(29)26-7-8-27-19-17(20(30)16(22(27)32)21(31)24-6-9-28)25-11-14(18(19)26)10-13-2-4-15(23)5-3-13/h2-5,11,28,30H,6-10H2,1H3,(H,24,31). The molecule has 0 atom stereocenters. The van der Waals surface area contributed by atoms with Gasteiger partial charge in [0.2, 0.25) is 5.91 Å². The molecular weight excluding hydrogens is 419 g/mol. The number of carbonyl (C=O) groups is 2. The van der Waals surface area contributed by atoms with Crippen LogP contribution in [0.1, 0.15) is 28.4 Å². The minimum atomic E-state index is -0.820. The number of nitrogens with zero attached hydrogens (tertiary/aromatic N) is 3. The fourth-order valence-electron chi connectivity index (χ4n) is 3.97. The summed E-state index contributed by atoms with van der Waals surface area (Å²) in [5, 5.41) is 22.1. The first-order valence-electron chi connectivity index (χ1n) is 10.0. The Morgan fingerprint density at radius 3 is 2.59 bits per heavy atom. The highest BCUT2D eigenvalue weighted by Gasteiger charge is 2.31. The van der Waals surface area contributed by atoms with Gasteiger partial charge in [0, 0.05) is 44.7 Å². The third kappa shape index (κ3) is 3.58. The summed E-state index contributed by atoms with van der Waals surface area (Å²) < 4.78 is 14.6. The number of aromatic hydroxyl groups is 1. The lowest BCUT2D eigenvalue weighted by atomic mass is 10.0. The highest BCUT2D eigenvalue weighted by Crippen LogP contribution is 2.37. The van der Waals surface area contributed by atoms with Gasteiger partial charge in [0.25, 0.3) is 11.5 Å². The zero-order valence-corrected chi connectivity index (χ0v) is 17.3. The number of hydrogen-bond acceptors (Lipinski definition) is 6. The number of aliphatic hydroxyl groups is 1. The minimum absolute atomic E-state index is 0.0163. The van der Waals surface area contributed by atoms with Crippen LogP contribution in [0.3, 0.4) is 0 Å². The van der Waals surface area contributed by atoms with E-state index in [2.05, 4.69) is 10.3 Å². The van der Waals surface area contributed by atoms with Crippen LogP contribution in [-0.2, 0) is 17.8 Å². The molecule has 0 fully saturated rings. The molecular formula is C22H21FN4O5. The Balaban J connectivity index is 1.96. The van der Waals surface area contributed by atoms with E-state index in [4.69, 9.17) is 5.11 Å². The van der Waals surface area contributed by atoms with Gasteiger partial charge in [-0.1, -0.05) is 12.1 Å². The zero-order valence-electron chi connectivity index (χ0n) is 17.3. The van der Waals surface area contributed by atoms with E-state index in [-0.39, 0.29) is 49.0 Å². The Bertz CT molecular complexity index is 1290.